The van der Waals surface area contributed by atoms with Crippen LogP contribution < -0.4 is 22.9 Å². The lowest BCUT2D eigenvalue weighted by Crippen LogP contribution is -2.20. The monoisotopic (exact) mass is 523 g/mol. The van der Waals surface area contributed by atoms with Crippen LogP contribution in [0.2, 0.25) is 5.02 Å². The summed E-state index contributed by atoms with van der Waals surface area (Å²) in [6.07, 6.45) is 5.10. The summed E-state index contributed by atoms with van der Waals surface area (Å²) in [7, 11) is 0. The summed E-state index contributed by atoms with van der Waals surface area (Å²) in [4.78, 5) is 20.0. The first-order valence-corrected chi connectivity index (χ1v) is 12.5. The van der Waals surface area contributed by atoms with Crippen molar-refractivity contribution in [1.29, 1.82) is 5.41 Å². The molecule has 4 rings (SSSR count). The topological polar surface area (TPSA) is 153 Å². The van der Waals surface area contributed by atoms with E-state index in [4.69, 9.17) is 34.2 Å². The molecule has 0 radical (unpaired) electrons. The predicted molar refractivity (Wildman–Crippen MR) is 147 cm³/mol. The van der Waals surface area contributed by atoms with Crippen molar-refractivity contribution in [3.63, 3.8) is 0 Å². The molecule has 0 aliphatic heterocycles. The average Bonchev–Trinajstić information content (AvgIpc) is 3.26. The fraction of sp³-hybridized carbons (Fsp3) is 0.296. The van der Waals surface area contributed by atoms with Gasteiger partial charge in [-0.1, -0.05) is 23.7 Å². The smallest absolute Gasteiger partial charge is 0.354 e. The van der Waals surface area contributed by atoms with Crippen LogP contribution in [0.1, 0.15) is 49.8 Å². The van der Waals surface area contributed by atoms with Crippen molar-refractivity contribution in [3.8, 4) is 16.9 Å². The number of nitrogens with two attached hydrogens (primary N) is 3. The van der Waals surface area contributed by atoms with E-state index in [-0.39, 0.29) is 22.9 Å². The largest absolute Gasteiger partial charge is 0.388 e. The van der Waals surface area contributed by atoms with Gasteiger partial charge in [-0.2, -0.15) is 4.98 Å². The van der Waals surface area contributed by atoms with E-state index < -0.39 is 11.5 Å². The highest BCUT2D eigenvalue weighted by atomic mass is 35.5. The number of aromatic amines is 1. The molecule has 8 N–H and O–H groups in total. The molecule has 8 nitrogen and oxygen atoms in total. The maximum atomic E-state index is 15.0. The number of aryl methyl sites for hydroxylation is 1. The first-order chi connectivity index (χ1) is 17.6. The molecular formula is C27H31ClFN7O. The van der Waals surface area contributed by atoms with Gasteiger partial charge in [0.05, 0.1) is 22.2 Å². The Morgan fingerprint density at radius 1 is 1.19 bits per heavy atom. The molecule has 0 saturated heterocycles. The molecule has 37 heavy (non-hydrogen) atoms. The molecule has 0 fully saturated rings. The number of nitrogens with one attached hydrogen (secondary N) is 2. The predicted octanol–water partition coefficient (Wildman–Crippen LogP) is 4.56. The van der Waals surface area contributed by atoms with Gasteiger partial charge >= 0.3 is 5.69 Å². The van der Waals surface area contributed by atoms with E-state index in [2.05, 4.69) is 9.97 Å². The third kappa shape index (κ3) is 6.25. The number of hydrogen-bond acceptors (Lipinski definition) is 5. The SMILES string of the molecule is C[C@H](N)CCCc1cc(Cl)c(F)c(-c2cc3cn(-c4ccc(C(N)CCC(=N)N)cc4)c(=O)nc3[nH]2)c1. The number of benzene rings is 2. The lowest BCUT2D eigenvalue weighted by Gasteiger charge is -2.12. The van der Waals surface area contributed by atoms with Crippen molar-refractivity contribution in [1.82, 2.24) is 14.5 Å². The van der Waals surface area contributed by atoms with Crippen LogP contribution in [0.3, 0.4) is 0 Å². The van der Waals surface area contributed by atoms with Crippen LogP contribution in [-0.2, 0) is 6.42 Å². The maximum Gasteiger partial charge on any atom is 0.354 e. The zero-order valence-corrected chi connectivity index (χ0v) is 21.4. The highest BCUT2D eigenvalue weighted by molar-refractivity contribution is 6.31. The van der Waals surface area contributed by atoms with E-state index in [1.54, 1.807) is 36.5 Å². The molecule has 0 spiro atoms. The normalized spacial score (nSPS) is 13.1. The molecule has 194 valence electrons. The van der Waals surface area contributed by atoms with Crippen molar-refractivity contribution in [3.05, 3.63) is 81.1 Å². The number of amidine groups is 1. The lowest BCUT2D eigenvalue weighted by atomic mass is 10.0. The molecule has 2 aromatic carbocycles. The Kier molecular flexibility index (Phi) is 8.06. The summed E-state index contributed by atoms with van der Waals surface area (Å²) in [6, 6.07) is 12.3. The number of hydrogen-bond donors (Lipinski definition) is 5. The van der Waals surface area contributed by atoms with Gasteiger partial charge in [-0.25, -0.2) is 9.18 Å². The molecule has 0 amide bonds. The minimum Gasteiger partial charge on any atom is -0.388 e. The van der Waals surface area contributed by atoms with Gasteiger partial charge in [0.2, 0.25) is 0 Å². The quantitative estimate of drug-likeness (QED) is 0.152. The van der Waals surface area contributed by atoms with Crippen LogP contribution in [-0.4, -0.2) is 26.4 Å². The number of halogens is 2. The summed E-state index contributed by atoms with van der Waals surface area (Å²) in [5.41, 5.74) is 20.6. The van der Waals surface area contributed by atoms with Gasteiger partial charge in [0, 0.05) is 35.7 Å². The van der Waals surface area contributed by atoms with Gasteiger partial charge in [0.25, 0.3) is 0 Å². The van der Waals surface area contributed by atoms with Crippen molar-refractivity contribution in [2.24, 2.45) is 17.2 Å². The van der Waals surface area contributed by atoms with E-state index in [1.807, 2.05) is 19.1 Å². The number of aromatic nitrogens is 3. The van der Waals surface area contributed by atoms with Crippen molar-refractivity contribution in [2.45, 2.75) is 51.1 Å². The van der Waals surface area contributed by atoms with Gasteiger partial charge in [-0.05, 0) is 74.1 Å². The molecule has 0 aliphatic rings. The van der Waals surface area contributed by atoms with Gasteiger partial charge in [-0.15, -0.1) is 0 Å². The average molecular weight is 524 g/mol. The van der Waals surface area contributed by atoms with Crippen LogP contribution in [0.25, 0.3) is 28.0 Å². The minimum atomic E-state index is -0.531. The van der Waals surface area contributed by atoms with Crippen LogP contribution in [0, 0.1) is 11.2 Å². The molecule has 2 atom stereocenters. The summed E-state index contributed by atoms with van der Waals surface area (Å²) in [5.74, 6) is -0.435. The third-order valence-electron chi connectivity index (χ3n) is 6.34. The number of fused-ring (bicyclic) bond motifs is 1. The van der Waals surface area contributed by atoms with Gasteiger partial charge in [0.1, 0.15) is 5.65 Å². The number of H-pyrrole nitrogens is 1. The minimum absolute atomic E-state index is 0.0427. The fourth-order valence-corrected chi connectivity index (χ4v) is 4.54. The van der Waals surface area contributed by atoms with E-state index >= 15 is 0 Å². The van der Waals surface area contributed by atoms with Crippen LogP contribution in [0.5, 0.6) is 0 Å². The molecule has 4 aromatic rings. The lowest BCUT2D eigenvalue weighted by molar-refractivity contribution is 0.618. The maximum absolute atomic E-state index is 15.0. The summed E-state index contributed by atoms with van der Waals surface area (Å²) in [6.45, 7) is 1.96. The Bertz CT molecular complexity index is 1480. The van der Waals surface area contributed by atoms with Crippen LogP contribution in [0.4, 0.5) is 4.39 Å². The third-order valence-corrected chi connectivity index (χ3v) is 6.61. The first-order valence-electron chi connectivity index (χ1n) is 12.2. The number of nitrogens with zero attached hydrogens (tertiary/aromatic N) is 2. The van der Waals surface area contributed by atoms with Crippen LogP contribution in [0.15, 0.2) is 53.5 Å². The van der Waals surface area contributed by atoms with Gasteiger partial charge in [0.15, 0.2) is 5.82 Å². The Morgan fingerprint density at radius 2 is 1.92 bits per heavy atom. The van der Waals surface area contributed by atoms with Crippen molar-refractivity contribution >= 4 is 28.5 Å². The summed E-state index contributed by atoms with van der Waals surface area (Å²) >= 11 is 6.20. The molecular weight excluding hydrogens is 493 g/mol. The number of rotatable bonds is 10. The van der Waals surface area contributed by atoms with E-state index in [0.717, 1.165) is 30.4 Å². The molecule has 0 saturated carbocycles. The van der Waals surface area contributed by atoms with E-state index in [0.29, 0.717) is 40.8 Å². The molecule has 10 heteroatoms. The Morgan fingerprint density at radius 3 is 2.59 bits per heavy atom. The van der Waals surface area contributed by atoms with Gasteiger partial charge < -0.3 is 22.2 Å². The Labute approximate surface area is 219 Å². The summed E-state index contributed by atoms with van der Waals surface area (Å²) in [5, 5.41) is 8.05. The van der Waals surface area contributed by atoms with E-state index in [9.17, 15) is 9.18 Å². The van der Waals surface area contributed by atoms with Gasteiger partial charge in [-0.3, -0.25) is 9.98 Å². The van der Waals surface area contributed by atoms with Crippen molar-refractivity contribution < 1.29 is 4.39 Å². The first kappa shape index (κ1) is 26.5. The molecule has 0 aliphatic carbocycles. The standard InChI is InChI=1S/C27H31ClFN7O/c1-15(30)3-2-4-16-11-20(25(29)21(28)12-16)23-13-18-14-36(27(37)35-26(18)34-23)19-7-5-17(6-8-19)22(31)9-10-24(32)33/h5-8,11-15,22H,2-4,9-10,30-31H2,1H3,(H3,32,33)(H,34,35,37)/t15-,22?/m0/s1. The zero-order valence-electron chi connectivity index (χ0n) is 20.6. The highest BCUT2D eigenvalue weighted by Crippen LogP contribution is 2.31. The Hall–Kier alpha value is -3.53. The van der Waals surface area contributed by atoms with Crippen molar-refractivity contribution in [2.75, 3.05) is 0 Å². The van der Waals surface area contributed by atoms with Crippen LogP contribution >= 0.6 is 11.6 Å². The molecule has 2 heterocycles. The second-order valence-corrected chi connectivity index (χ2v) is 9.86. The van der Waals surface area contributed by atoms with E-state index in [1.165, 1.54) is 4.57 Å². The highest BCUT2D eigenvalue weighted by Gasteiger charge is 2.16. The zero-order chi connectivity index (χ0) is 26.7. The molecule has 2 aromatic heterocycles. The Balaban J connectivity index is 1.63. The second-order valence-electron chi connectivity index (χ2n) is 9.45. The summed E-state index contributed by atoms with van der Waals surface area (Å²) < 4.78 is 16.4. The molecule has 0 bridgehead atoms. The molecule has 1 unspecified atom stereocenters. The second kappa shape index (κ2) is 11.2. The fourth-order valence-electron chi connectivity index (χ4n) is 4.30.